The Morgan fingerprint density at radius 3 is 2.52 bits per heavy atom. The lowest BCUT2D eigenvalue weighted by Crippen LogP contribution is -2.39. The molecule has 0 spiro atoms. The van der Waals surface area contributed by atoms with Gasteiger partial charge in [-0.15, -0.1) is 0 Å². The van der Waals surface area contributed by atoms with Gasteiger partial charge in [0.2, 0.25) is 0 Å². The fourth-order valence-corrected chi connectivity index (χ4v) is 5.92. The minimum absolute atomic E-state index is 0.184. The van der Waals surface area contributed by atoms with Crippen molar-refractivity contribution in [3.8, 4) is 17.1 Å². The summed E-state index contributed by atoms with van der Waals surface area (Å²) >= 11 is 7.57. The van der Waals surface area contributed by atoms with Gasteiger partial charge in [-0.2, -0.15) is 0 Å². The first-order valence-corrected chi connectivity index (χ1v) is 14.4. The van der Waals surface area contributed by atoms with Gasteiger partial charge in [-0.3, -0.25) is 9.36 Å². The van der Waals surface area contributed by atoms with Gasteiger partial charge in [-0.25, -0.2) is 14.6 Å². The van der Waals surface area contributed by atoms with Crippen molar-refractivity contribution < 1.29 is 28.2 Å². The normalized spacial score (nSPS) is 14.8. The third kappa shape index (κ3) is 5.55. The van der Waals surface area contributed by atoms with E-state index >= 15 is 0 Å². The number of benzene rings is 2. The number of halogens is 1. The summed E-state index contributed by atoms with van der Waals surface area (Å²) in [6, 6.07) is 14.7. The molecule has 0 radical (unpaired) electrons. The molecule has 1 aliphatic rings. The van der Waals surface area contributed by atoms with Gasteiger partial charge in [-0.1, -0.05) is 35.1 Å². The number of aromatic nitrogens is 1. The quantitative estimate of drug-likeness (QED) is 0.263. The molecule has 0 saturated carbocycles. The molecule has 0 fully saturated rings. The molecule has 0 unspecified atom stereocenters. The van der Waals surface area contributed by atoms with E-state index in [1.807, 2.05) is 19.1 Å². The van der Waals surface area contributed by atoms with E-state index in [1.54, 1.807) is 62.4 Å². The predicted octanol–water partition coefficient (Wildman–Crippen LogP) is 4.90. The molecule has 1 aliphatic heterocycles. The van der Waals surface area contributed by atoms with Gasteiger partial charge in [0.25, 0.3) is 5.56 Å². The molecule has 2 aromatic carbocycles. The van der Waals surface area contributed by atoms with Crippen LogP contribution < -0.4 is 19.6 Å². The Bertz CT molecular complexity index is 1880. The van der Waals surface area contributed by atoms with Gasteiger partial charge in [0.05, 0.1) is 52.8 Å². The smallest absolute Gasteiger partial charge is 0.338 e. The monoisotopic (exact) mass is 606 g/mol. The summed E-state index contributed by atoms with van der Waals surface area (Å²) in [5.74, 6) is 0.457. The number of nitrogens with zero attached hydrogens (tertiary/aromatic N) is 2. The fraction of sp³-hybridized carbons (Fsp3) is 0.226. The van der Waals surface area contributed by atoms with E-state index < -0.39 is 18.0 Å². The zero-order valence-electron chi connectivity index (χ0n) is 23.3. The predicted molar refractivity (Wildman–Crippen MR) is 159 cm³/mol. The molecular formula is C31H27ClN2O7S. The fourth-order valence-electron chi connectivity index (χ4n) is 4.68. The number of allylic oxidation sites excluding steroid dienone is 1. The van der Waals surface area contributed by atoms with Crippen LogP contribution in [0, 0.1) is 0 Å². The molecule has 11 heteroatoms. The van der Waals surface area contributed by atoms with Crippen LogP contribution in [0.1, 0.15) is 48.5 Å². The molecule has 0 bridgehead atoms. The highest BCUT2D eigenvalue weighted by molar-refractivity contribution is 7.07. The Balaban J connectivity index is 1.60. The van der Waals surface area contributed by atoms with E-state index in [9.17, 15) is 14.4 Å². The molecule has 3 heterocycles. The lowest BCUT2D eigenvalue weighted by Gasteiger charge is -2.24. The Hall–Kier alpha value is -4.41. The molecule has 42 heavy (non-hydrogen) atoms. The van der Waals surface area contributed by atoms with Gasteiger partial charge in [0, 0.05) is 11.6 Å². The van der Waals surface area contributed by atoms with Crippen molar-refractivity contribution in [1.29, 1.82) is 0 Å². The summed E-state index contributed by atoms with van der Waals surface area (Å²) in [6.45, 7) is 6.05. The van der Waals surface area contributed by atoms with E-state index in [0.29, 0.717) is 66.2 Å². The average Bonchev–Trinajstić information content (AvgIpc) is 3.56. The van der Waals surface area contributed by atoms with Crippen LogP contribution in [0.25, 0.3) is 17.4 Å². The molecule has 5 rings (SSSR count). The molecule has 2 aromatic heterocycles. The summed E-state index contributed by atoms with van der Waals surface area (Å²) < 4.78 is 23.6. The first kappa shape index (κ1) is 29.1. The highest BCUT2D eigenvalue weighted by Gasteiger charge is 2.33. The lowest BCUT2D eigenvalue weighted by molar-refractivity contribution is -0.139. The standard InChI is InChI=1S/C31H27ClN2O7S/c1-5-39-20-10-7-18(8-11-20)27-26(30(37)40-6-2)17(3)33-31-34(27)28(35)25(42-31)16-21-12-14-24(41-21)22-15-19(29(36)38-4)9-13-23(22)32/h7-16,27H,5-6H2,1-4H3/b25-16-/t27-/m1/s1. The van der Waals surface area contributed by atoms with Crippen molar-refractivity contribution >= 4 is 41.0 Å². The largest absolute Gasteiger partial charge is 0.494 e. The van der Waals surface area contributed by atoms with Crippen molar-refractivity contribution in [3.05, 3.63) is 107 Å². The number of hydrogen-bond acceptors (Lipinski definition) is 9. The molecule has 4 aromatic rings. The van der Waals surface area contributed by atoms with Crippen LogP contribution in [0.5, 0.6) is 5.75 Å². The van der Waals surface area contributed by atoms with Gasteiger partial charge < -0.3 is 18.6 Å². The van der Waals surface area contributed by atoms with Crippen LogP contribution in [0.2, 0.25) is 5.02 Å². The number of carbonyl (C=O) groups is 2. The van der Waals surface area contributed by atoms with Crippen molar-refractivity contribution in [1.82, 2.24) is 4.57 Å². The molecule has 9 nitrogen and oxygen atoms in total. The molecular weight excluding hydrogens is 580 g/mol. The SMILES string of the molecule is CCOC(=O)C1=C(C)N=c2s/c(=C\c3ccc(-c4cc(C(=O)OC)ccc4Cl)o3)c(=O)n2[C@@H]1c1ccc(OCC)cc1. The van der Waals surface area contributed by atoms with Crippen molar-refractivity contribution in [2.24, 2.45) is 4.99 Å². The summed E-state index contributed by atoms with van der Waals surface area (Å²) in [4.78, 5) is 44.0. The Morgan fingerprint density at radius 1 is 1.07 bits per heavy atom. The molecule has 0 N–H and O–H groups in total. The first-order chi connectivity index (χ1) is 20.2. The summed E-state index contributed by atoms with van der Waals surface area (Å²) in [5.41, 5.74) is 1.97. The van der Waals surface area contributed by atoms with E-state index in [2.05, 4.69) is 4.99 Å². The number of methoxy groups -OCH3 is 1. The van der Waals surface area contributed by atoms with Crippen molar-refractivity contribution in [2.75, 3.05) is 20.3 Å². The summed E-state index contributed by atoms with van der Waals surface area (Å²) in [5, 5.41) is 0.389. The molecule has 216 valence electrons. The van der Waals surface area contributed by atoms with Crippen LogP contribution in [0.3, 0.4) is 0 Å². The second-order valence-corrected chi connectivity index (χ2v) is 10.6. The number of hydrogen-bond donors (Lipinski definition) is 0. The minimum atomic E-state index is -0.745. The highest BCUT2D eigenvalue weighted by atomic mass is 35.5. The van der Waals surface area contributed by atoms with E-state index in [4.69, 9.17) is 30.2 Å². The second kappa shape index (κ2) is 12.2. The Kier molecular flexibility index (Phi) is 8.46. The Labute approximate surface area is 249 Å². The zero-order chi connectivity index (χ0) is 30.0. The van der Waals surface area contributed by atoms with Crippen LogP contribution in [-0.2, 0) is 14.3 Å². The number of esters is 2. The summed E-state index contributed by atoms with van der Waals surface area (Å²) in [6.07, 6.45) is 1.62. The average molecular weight is 607 g/mol. The van der Waals surface area contributed by atoms with Gasteiger partial charge >= 0.3 is 11.9 Å². The number of thiazole rings is 1. The van der Waals surface area contributed by atoms with Crippen LogP contribution in [0.15, 0.2) is 80.1 Å². The lowest BCUT2D eigenvalue weighted by atomic mass is 9.96. The Morgan fingerprint density at radius 2 is 1.83 bits per heavy atom. The molecule has 1 atom stereocenters. The van der Waals surface area contributed by atoms with Gasteiger partial charge in [0.1, 0.15) is 17.3 Å². The topological polar surface area (TPSA) is 109 Å². The maximum atomic E-state index is 13.9. The number of fused-ring (bicyclic) bond motifs is 1. The van der Waals surface area contributed by atoms with Crippen LogP contribution in [-0.4, -0.2) is 36.8 Å². The molecule has 0 aliphatic carbocycles. The molecule has 0 amide bonds. The maximum absolute atomic E-state index is 13.9. The van der Waals surface area contributed by atoms with Crippen molar-refractivity contribution in [3.63, 3.8) is 0 Å². The van der Waals surface area contributed by atoms with Gasteiger partial charge in [-0.05, 0) is 68.8 Å². The van der Waals surface area contributed by atoms with E-state index in [0.717, 1.165) is 0 Å². The number of rotatable bonds is 8. The van der Waals surface area contributed by atoms with Gasteiger partial charge in [0.15, 0.2) is 4.80 Å². The first-order valence-electron chi connectivity index (χ1n) is 13.2. The second-order valence-electron chi connectivity index (χ2n) is 9.19. The molecule has 0 saturated heterocycles. The van der Waals surface area contributed by atoms with Crippen molar-refractivity contribution in [2.45, 2.75) is 26.8 Å². The zero-order valence-corrected chi connectivity index (χ0v) is 24.9. The highest BCUT2D eigenvalue weighted by Crippen LogP contribution is 2.33. The third-order valence-electron chi connectivity index (χ3n) is 6.58. The summed E-state index contributed by atoms with van der Waals surface area (Å²) in [7, 11) is 1.30. The van der Waals surface area contributed by atoms with E-state index in [1.165, 1.54) is 23.0 Å². The van der Waals surface area contributed by atoms with Crippen LogP contribution >= 0.6 is 22.9 Å². The maximum Gasteiger partial charge on any atom is 0.338 e. The van der Waals surface area contributed by atoms with Crippen LogP contribution in [0.4, 0.5) is 0 Å². The third-order valence-corrected chi connectivity index (χ3v) is 7.89. The minimum Gasteiger partial charge on any atom is -0.494 e. The number of furan rings is 1. The number of ether oxygens (including phenoxy) is 3. The van der Waals surface area contributed by atoms with E-state index in [-0.39, 0.29) is 12.2 Å². The number of carbonyl (C=O) groups excluding carboxylic acids is 2.